The number of aliphatic hydroxyl groups is 1. The molecule has 0 radical (unpaired) electrons. The normalized spacial score (nSPS) is 12.2. The molecule has 0 bridgehead atoms. The molecule has 1 atom stereocenters. The molecule has 1 aromatic rings. The van der Waals surface area contributed by atoms with E-state index in [-0.39, 0.29) is 12.6 Å². The number of benzene rings is 1. The first kappa shape index (κ1) is 12.8. The third-order valence-corrected chi connectivity index (χ3v) is 2.22. The van der Waals surface area contributed by atoms with Gasteiger partial charge in [0.25, 0.3) is 0 Å². The summed E-state index contributed by atoms with van der Waals surface area (Å²) in [6.07, 6.45) is 0. The van der Waals surface area contributed by atoms with E-state index >= 15 is 0 Å². The van der Waals surface area contributed by atoms with Gasteiger partial charge in [-0.1, -0.05) is 19.1 Å². The monoisotopic (exact) mass is 225 g/mol. The van der Waals surface area contributed by atoms with E-state index in [0.29, 0.717) is 18.1 Å². The van der Waals surface area contributed by atoms with Crippen molar-refractivity contribution in [3.63, 3.8) is 0 Å². The number of likely N-dealkylation sites (N-methyl/N-ethyl adjacent to an activating group) is 1. The average molecular weight is 225 g/mol. The second kappa shape index (κ2) is 7.09. The highest BCUT2D eigenvalue weighted by Gasteiger charge is 2.08. The number of methoxy groups -OCH3 is 1. The number of rotatable bonds is 7. The van der Waals surface area contributed by atoms with Gasteiger partial charge in [0, 0.05) is 0 Å². The minimum Gasteiger partial charge on any atom is -0.493 e. The van der Waals surface area contributed by atoms with Crippen molar-refractivity contribution in [1.29, 1.82) is 0 Å². The van der Waals surface area contributed by atoms with Gasteiger partial charge < -0.3 is 19.9 Å². The van der Waals surface area contributed by atoms with Crippen LogP contribution in [0.5, 0.6) is 11.5 Å². The van der Waals surface area contributed by atoms with E-state index in [9.17, 15) is 0 Å². The highest BCUT2D eigenvalue weighted by molar-refractivity contribution is 5.39. The Bertz CT molecular complexity index is 304. The summed E-state index contributed by atoms with van der Waals surface area (Å²) in [5.41, 5.74) is 0. The Balaban J connectivity index is 2.52. The second-order valence-corrected chi connectivity index (χ2v) is 3.40. The van der Waals surface area contributed by atoms with Crippen LogP contribution in [0.4, 0.5) is 0 Å². The highest BCUT2D eigenvalue weighted by atomic mass is 16.5. The Kier molecular flexibility index (Phi) is 5.67. The molecule has 0 aliphatic heterocycles. The average Bonchev–Trinajstić information content (AvgIpc) is 2.34. The van der Waals surface area contributed by atoms with Crippen molar-refractivity contribution in [2.75, 3.05) is 26.9 Å². The van der Waals surface area contributed by atoms with Crippen molar-refractivity contribution in [2.24, 2.45) is 0 Å². The molecule has 0 saturated heterocycles. The summed E-state index contributed by atoms with van der Waals surface area (Å²) >= 11 is 0. The maximum atomic E-state index is 9.09. The molecule has 90 valence electrons. The summed E-state index contributed by atoms with van der Waals surface area (Å²) < 4.78 is 10.7. The fourth-order valence-electron chi connectivity index (χ4n) is 1.39. The lowest BCUT2D eigenvalue weighted by atomic mass is 10.3. The molecule has 0 aliphatic rings. The molecule has 0 amide bonds. The summed E-state index contributed by atoms with van der Waals surface area (Å²) in [7, 11) is 1.61. The van der Waals surface area contributed by atoms with Gasteiger partial charge in [-0.3, -0.25) is 0 Å². The molecule has 1 rings (SSSR count). The first-order valence-corrected chi connectivity index (χ1v) is 5.41. The van der Waals surface area contributed by atoms with E-state index in [4.69, 9.17) is 14.6 Å². The zero-order chi connectivity index (χ0) is 11.8. The fraction of sp³-hybridized carbons (Fsp3) is 0.500. The van der Waals surface area contributed by atoms with E-state index in [1.807, 2.05) is 31.2 Å². The van der Waals surface area contributed by atoms with Gasteiger partial charge in [0.1, 0.15) is 6.61 Å². The van der Waals surface area contributed by atoms with Crippen molar-refractivity contribution in [3.05, 3.63) is 24.3 Å². The summed E-state index contributed by atoms with van der Waals surface area (Å²) in [5.74, 6) is 1.40. The Morgan fingerprint density at radius 3 is 2.56 bits per heavy atom. The third-order valence-electron chi connectivity index (χ3n) is 2.22. The number of nitrogens with one attached hydrogen (secondary N) is 1. The molecular formula is C12H19NO3. The predicted octanol–water partition coefficient (Wildman–Crippen LogP) is 1.04. The van der Waals surface area contributed by atoms with Crippen LogP contribution in [0, 0.1) is 0 Å². The van der Waals surface area contributed by atoms with Gasteiger partial charge >= 0.3 is 0 Å². The zero-order valence-electron chi connectivity index (χ0n) is 9.77. The van der Waals surface area contributed by atoms with Crippen molar-refractivity contribution < 1.29 is 14.6 Å². The lowest BCUT2D eigenvalue weighted by Crippen LogP contribution is -2.37. The Morgan fingerprint density at radius 2 is 2.00 bits per heavy atom. The van der Waals surface area contributed by atoms with Crippen LogP contribution < -0.4 is 14.8 Å². The molecule has 16 heavy (non-hydrogen) atoms. The van der Waals surface area contributed by atoms with Gasteiger partial charge in [0.05, 0.1) is 19.8 Å². The number of para-hydroxylation sites is 2. The predicted molar refractivity (Wildman–Crippen MR) is 63.0 cm³/mol. The quantitative estimate of drug-likeness (QED) is 0.728. The molecule has 0 spiro atoms. The molecule has 4 nitrogen and oxygen atoms in total. The zero-order valence-corrected chi connectivity index (χ0v) is 9.77. The highest BCUT2D eigenvalue weighted by Crippen LogP contribution is 2.25. The maximum absolute atomic E-state index is 9.09. The number of aliphatic hydroxyl groups excluding tert-OH is 1. The summed E-state index contributed by atoms with van der Waals surface area (Å²) in [5, 5.41) is 12.2. The lowest BCUT2D eigenvalue weighted by molar-refractivity contribution is 0.181. The topological polar surface area (TPSA) is 50.7 Å². The standard InChI is InChI=1S/C12H19NO3/c1-3-13-10(8-14)9-16-12-7-5-4-6-11(12)15-2/h4-7,10,13-14H,3,8-9H2,1-2H3. The fourth-order valence-corrected chi connectivity index (χ4v) is 1.39. The van der Waals surface area contributed by atoms with Crippen LogP contribution >= 0.6 is 0 Å². The molecule has 0 fully saturated rings. The van der Waals surface area contributed by atoms with Crippen molar-refractivity contribution >= 4 is 0 Å². The van der Waals surface area contributed by atoms with Gasteiger partial charge in [-0.2, -0.15) is 0 Å². The van der Waals surface area contributed by atoms with Crippen LogP contribution in [0.2, 0.25) is 0 Å². The van der Waals surface area contributed by atoms with Crippen molar-refractivity contribution in [3.8, 4) is 11.5 Å². The number of hydrogen-bond donors (Lipinski definition) is 2. The summed E-state index contributed by atoms with van der Waals surface area (Å²) in [6, 6.07) is 7.42. The first-order valence-electron chi connectivity index (χ1n) is 5.41. The largest absolute Gasteiger partial charge is 0.493 e. The van der Waals surface area contributed by atoms with Crippen LogP contribution in [0.1, 0.15) is 6.92 Å². The molecule has 4 heteroatoms. The van der Waals surface area contributed by atoms with Gasteiger partial charge in [0.15, 0.2) is 11.5 Å². The van der Waals surface area contributed by atoms with Crippen LogP contribution in [0.3, 0.4) is 0 Å². The van der Waals surface area contributed by atoms with E-state index in [1.165, 1.54) is 0 Å². The number of hydrogen-bond acceptors (Lipinski definition) is 4. The molecular weight excluding hydrogens is 206 g/mol. The first-order chi connectivity index (χ1) is 7.81. The smallest absolute Gasteiger partial charge is 0.161 e. The molecule has 2 N–H and O–H groups in total. The van der Waals surface area contributed by atoms with Gasteiger partial charge in [-0.25, -0.2) is 0 Å². The maximum Gasteiger partial charge on any atom is 0.161 e. The SMILES string of the molecule is CCNC(CO)COc1ccccc1OC. The van der Waals surface area contributed by atoms with Crippen molar-refractivity contribution in [2.45, 2.75) is 13.0 Å². The van der Waals surface area contributed by atoms with Crippen LogP contribution in [0.15, 0.2) is 24.3 Å². The van der Waals surface area contributed by atoms with Crippen LogP contribution in [-0.2, 0) is 0 Å². The minimum atomic E-state index is -0.0464. The Morgan fingerprint density at radius 1 is 1.31 bits per heavy atom. The second-order valence-electron chi connectivity index (χ2n) is 3.40. The van der Waals surface area contributed by atoms with Crippen LogP contribution in [-0.4, -0.2) is 38.0 Å². The van der Waals surface area contributed by atoms with E-state index in [0.717, 1.165) is 6.54 Å². The molecule has 0 aliphatic carbocycles. The molecule has 0 aromatic heterocycles. The van der Waals surface area contributed by atoms with E-state index < -0.39 is 0 Å². The lowest BCUT2D eigenvalue weighted by Gasteiger charge is -2.17. The van der Waals surface area contributed by atoms with Gasteiger partial charge in [-0.05, 0) is 18.7 Å². The van der Waals surface area contributed by atoms with E-state index in [1.54, 1.807) is 7.11 Å². The summed E-state index contributed by atoms with van der Waals surface area (Å²) in [6.45, 7) is 3.28. The number of ether oxygens (including phenoxy) is 2. The van der Waals surface area contributed by atoms with Gasteiger partial charge in [0.2, 0.25) is 0 Å². The summed E-state index contributed by atoms with van der Waals surface area (Å²) in [4.78, 5) is 0. The molecule has 0 heterocycles. The van der Waals surface area contributed by atoms with Crippen LogP contribution in [0.25, 0.3) is 0 Å². The molecule has 1 unspecified atom stereocenters. The third kappa shape index (κ3) is 3.72. The molecule has 0 saturated carbocycles. The van der Waals surface area contributed by atoms with E-state index in [2.05, 4.69) is 5.32 Å². The Labute approximate surface area is 96.2 Å². The molecule has 1 aromatic carbocycles. The van der Waals surface area contributed by atoms with Gasteiger partial charge in [-0.15, -0.1) is 0 Å². The Hall–Kier alpha value is -1.26. The minimum absolute atomic E-state index is 0.0464. The van der Waals surface area contributed by atoms with Crippen molar-refractivity contribution in [1.82, 2.24) is 5.32 Å².